The van der Waals surface area contributed by atoms with Gasteiger partial charge in [-0.15, -0.1) is 0 Å². The Bertz CT molecular complexity index is 734. The summed E-state index contributed by atoms with van der Waals surface area (Å²) >= 11 is 3.30. The van der Waals surface area contributed by atoms with Crippen LogP contribution in [0.25, 0.3) is 0 Å². The van der Waals surface area contributed by atoms with Crippen molar-refractivity contribution in [2.45, 2.75) is 69.2 Å². The van der Waals surface area contributed by atoms with Crippen LogP contribution >= 0.6 is 15.9 Å². The summed E-state index contributed by atoms with van der Waals surface area (Å²) in [5.41, 5.74) is -1.70. The molecule has 1 fully saturated rings. The van der Waals surface area contributed by atoms with Gasteiger partial charge in [0.15, 0.2) is 15.3 Å². The monoisotopic (exact) mass is 492 g/mol. The highest BCUT2D eigenvalue weighted by Gasteiger charge is 2.60. The Morgan fingerprint density at radius 2 is 1.62 bits per heavy atom. The van der Waals surface area contributed by atoms with Crippen LogP contribution in [0.4, 0.5) is 0 Å². The van der Waals surface area contributed by atoms with Gasteiger partial charge in [0.1, 0.15) is 4.16 Å². The quantitative estimate of drug-likeness (QED) is 0.220. The van der Waals surface area contributed by atoms with Gasteiger partial charge in [0, 0.05) is 12.3 Å². The lowest BCUT2D eigenvalue weighted by Gasteiger charge is -2.39. The molecule has 0 heterocycles. The minimum Gasteiger partial charge on any atom is -0.465 e. The maximum atomic E-state index is 13.3. The van der Waals surface area contributed by atoms with Crippen LogP contribution in [-0.4, -0.2) is 42.5 Å². The van der Waals surface area contributed by atoms with E-state index in [1.165, 1.54) is 0 Å². The van der Waals surface area contributed by atoms with Gasteiger partial charge >= 0.3 is 11.9 Å². The number of rotatable bonds is 8. The van der Waals surface area contributed by atoms with Crippen LogP contribution in [0, 0.1) is 23.2 Å². The maximum Gasteiger partial charge on any atom is 0.324 e. The molecule has 0 aliphatic heterocycles. The second kappa shape index (κ2) is 9.08. The number of esters is 2. The molecule has 29 heavy (non-hydrogen) atoms. The number of hydrogen-bond acceptors (Lipinski definition) is 6. The van der Waals surface area contributed by atoms with E-state index in [1.807, 2.05) is 6.08 Å². The zero-order valence-corrected chi connectivity index (χ0v) is 20.3. The summed E-state index contributed by atoms with van der Waals surface area (Å²) in [5, 5.41) is 0. The number of sulfone groups is 1. The van der Waals surface area contributed by atoms with E-state index in [0.29, 0.717) is 5.92 Å². The van der Waals surface area contributed by atoms with Gasteiger partial charge in [-0.3, -0.25) is 9.59 Å². The summed E-state index contributed by atoms with van der Waals surface area (Å²) in [6, 6.07) is 0. The van der Waals surface area contributed by atoms with Gasteiger partial charge in [0.05, 0.1) is 18.0 Å². The molecule has 1 unspecified atom stereocenters. The standard InChI is InChI=1S/C21H33BrO6S/c1-6-27-18(23)21(19(24)28-7-2,13-17(22)29(25,26)20(3,4)5)16-12-11-14-9-8-10-15(14)16/h11-12,14-17H,6-10,13H2,1-5H3/t14-,15-,16-,17?/m1/s1. The second-order valence-electron chi connectivity index (χ2n) is 8.85. The third-order valence-corrected chi connectivity index (χ3v) is 10.5. The van der Waals surface area contributed by atoms with Gasteiger partial charge in [0.25, 0.3) is 0 Å². The molecule has 2 rings (SSSR count). The lowest BCUT2D eigenvalue weighted by Crippen LogP contribution is -2.52. The molecule has 2 aliphatic rings. The number of ether oxygens (including phenoxy) is 2. The van der Waals surface area contributed by atoms with Gasteiger partial charge in [-0.25, -0.2) is 8.42 Å². The molecule has 6 nitrogen and oxygen atoms in total. The van der Waals surface area contributed by atoms with E-state index in [4.69, 9.17) is 9.47 Å². The highest BCUT2D eigenvalue weighted by Crippen LogP contribution is 2.53. The lowest BCUT2D eigenvalue weighted by molar-refractivity contribution is -0.177. The number of hydrogen-bond donors (Lipinski definition) is 0. The molecular weight excluding hydrogens is 460 g/mol. The summed E-state index contributed by atoms with van der Waals surface area (Å²) in [6.07, 6.45) is 6.68. The van der Waals surface area contributed by atoms with Crippen LogP contribution in [0.3, 0.4) is 0 Å². The smallest absolute Gasteiger partial charge is 0.324 e. The minimum absolute atomic E-state index is 0.101. The molecule has 166 valence electrons. The van der Waals surface area contributed by atoms with Crippen LogP contribution < -0.4 is 0 Å². The van der Waals surface area contributed by atoms with Crippen LogP contribution in [0.5, 0.6) is 0 Å². The molecule has 0 spiro atoms. The molecule has 0 radical (unpaired) electrons. The van der Waals surface area contributed by atoms with E-state index >= 15 is 0 Å². The molecule has 0 aromatic heterocycles. The van der Waals surface area contributed by atoms with Crippen molar-refractivity contribution < 1.29 is 27.5 Å². The Hall–Kier alpha value is -0.890. The van der Waals surface area contributed by atoms with Crippen LogP contribution in [0.2, 0.25) is 0 Å². The summed E-state index contributed by atoms with van der Waals surface area (Å²) in [4.78, 5) is 26.6. The SMILES string of the molecule is CCOC(=O)C(CC(Br)S(=O)(=O)C(C)(C)C)(C(=O)OCC)[C@@H]1C=C[C@H]2CCC[C@@H]12. The molecule has 2 aliphatic carbocycles. The average Bonchev–Trinajstić information content (AvgIpc) is 3.22. The summed E-state index contributed by atoms with van der Waals surface area (Å²) in [6.45, 7) is 8.37. The van der Waals surface area contributed by atoms with Gasteiger partial charge in [-0.2, -0.15) is 0 Å². The van der Waals surface area contributed by atoms with E-state index < -0.39 is 42.0 Å². The van der Waals surface area contributed by atoms with Crippen LogP contribution in [-0.2, 0) is 28.9 Å². The fourth-order valence-corrected chi connectivity index (χ4v) is 8.00. The van der Waals surface area contributed by atoms with E-state index in [0.717, 1.165) is 19.3 Å². The summed E-state index contributed by atoms with van der Waals surface area (Å²) < 4.78 is 34.7. The Balaban J connectivity index is 2.57. The second-order valence-corrected chi connectivity index (χ2v) is 13.4. The van der Waals surface area contributed by atoms with E-state index in [1.54, 1.807) is 34.6 Å². The molecule has 0 saturated heterocycles. The van der Waals surface area contributed by atoms with E-state index in [-0.39, 0.29) is 25.6 Å². The Morgan fingerprint density at radius 1 is 1.07 bits per heavy atom. The maximum absolute atomic E-state index is 13.3. The molecule has 1 saturated carbocycles. The molecule has 8 heteroatoms. The van der Waals surface area contributed by atoms with Crippen molar-refractivity contribution in [1.29, 1.82) is 0 Å². The number of halogens is 1. The van der Waals surface area contributed by atoms with Crippen molar-refractivity contribution in [2.24, 2.45) is 23.2 Å². The van der Waals surface area contributed by atoms with Crippen molar-refractivity contribution >= 4 is 37.7 Å². The molecule has 0 aromatic rings. The van der Waals surface area contributed by atoms with Crippen molar-refractivity contribution in [3.8, 4) is 0 Å². The minimum atomic E-state index is -3.68. The predicted molar refractivity (Wildman–Crippen MR) is 115 cm³/mol. The topological polar surface area (TPSA) is 86.7 Å². The van der Waals surface area contributed by atoms with E-state index in [2.05, 4.69) is 22.0 Å². The zero-order valence-electron chi connectivity index (χ0n) is 17.9. The largest absolute Gasteiger partial charge is 0.465 e. The van der Waals surface area contributed by atoms with Crippen molar-refractivity contribution in [1.82, 2.24) is 0 Å². The third-order valence-electron chi connectivity index (χ3n) is 6.17. The fourth-order valence-electron chi connectivity index (χ4n) is 4.56. The van der Waals surface area contributed by atoms with Crippen molar-refractivity contribution in [3.05, 3.63) is 12.2 Å². The Labute approximate surface area is 182 Å². The molecular formula is C21H33BrO6S. The lowest BCUT2D eigenvalue weighted by atomic mass is 9.67. The van der Waals surface area contributed by atoms with Crippen LogP contribution in [0.15, 0.2) is 12.2 Å². The third kappa shape index (κ3) is 4.43. The molecule has 0 N–H and O–H groups in total. The number of fused-ring (bicyclic) bond motifs is 1. The summed E-state index contributed by atoms with van der Waals surface area (Å²) in [5.74, 6) is -1.43. The van der Waals surface area contributed by atoms with E-state index in [9.17, 15) is 18.0 Å². The average molecular weight is 493 g/mol. The highest BCUT2D eigenvalue weighted by molar-refractivity contribution is 9.11. The van der Waals surface area contributed by atoms with Gasteiger partial charge in [0.2, 0.25) is 0 Å². The highest BCUT2D eigenvalue weighted by atomic mass is 79.9. The molecule has 4 atom stereocenters. The fraction of sp³-hybridized carbons (Fsp3) is 0.810. The zero-order chi connectivity index (χ0) is 22.0. The van der Waals surface area contributed by atoms with Crippen molar-refractivity contribution in [2.75, 3.05) is 13.2 Å². The number of carbonyl (C=O) groups excluding carboxylic acids is 2. The first-order valence-electron chi connectivity index (χ1n) is 10.3. The molecule has 0 bridgehead atoms. The first-order chi connectivity index (χ1) is 13.4. The molecule has 0 amide bonds. The van der Waals surface area contributed by atoms with Crippen LogP contribution in [0.1, 0.15) is 60.3 Å². The first-order valence-corrected chi connectivity index (χ1v) is 12.8. The van der Waals surface area contributed by atoms with Crippen molar-refractivity contribution in [3.63, 3.8) is 0 Å². The number of carbonyl (C=O) groups is 2. The predicted octanol–water partition coefficient (Wildman–Crippen LogP) is 4.03. The number of alkyl halides is 1. The van der Waals surface area contributed by atoms with Gasteiger partial charge in [-0.1, -0.05) is 34.5 Å². The van der Waals surface area contributed by atoms with Gasteiger partial charge < -0.3 is 9.47 Å². The van der Waals surface area contributed by atoms with Gasteiger partial charge in [-0.05, 0) is 59.3 Å². The number of allylic oxidation sites excluding steroid dienone is 2. The normalized spacial score (nSPS) is 25.5. The molecule has 0 aromatic carbocycles. The Morgan fingerprint density at radius 3 is 2.10 bits per heavy atom. The first kappa shape index (κ1) is 24.4. The Kier molecular flexibility index (Phi) is 7.64. The summed E-state index contributed by atoms with van der Waals surface area (Å²) in [7, 11) is -3.68.